The molecule has 1 atom stereocenters. The smallest absolute Gasteiger partial charge is 0.254 e. The Bertz CT molecular complexity index is 1370. The van der Waals surface area contributed by atoms with Crippen molar-refractivity contribution in [2.45, 2.75) is 13.0 Å². The minimum Gasteiger partial charge on any atom is -0.383 e. The van der Waals surface area contributed by atoms with E-state index in [0.717, 1.165) is 22.4 Å². The van der Waals surface area contributed by atoms with Crippen LogP contribution in [-0.2, 0) is 7.05 Å². The number of hydrogen-bond acceptors (Lipinski definition) is 5. The first kappa shape index (κ1) is 23.4. The van der Waals surface area contributed by atoms with E-state index in [2.05, 4.69) is 15.4 Å². The molecule has 1 amide bonds. The Hall–Kier alpha value is -3.75. The van der Waals surface area contributed by atoms with E-state index in [9.17, 15) is 4.79 Å². The zero-order valence-electron chi connectivity index (χ0n) is 18.7. The third kappa shape index (κ3) is 4.78. The first-order valence-electron chi connectivity index (χ1n) is 10.6. The number of halogens is 2. The second kappa shape index (κ2) is 9.62. The molecule has 5 N–H and O–H groups in total. The van der Waals surface area contributed by atoms with Gasteiger partial charge in [0.25, 0.3) is 5.91 Å². The summed E-state index contributed by atoms with van der Waals surface area (Å²) in [6.45, 7) is 2.03. The Kier molecular flexibility index (Phi) is 6.63. The molecule has 2 aromatic carbocycles. The largest absolute Gasteiger partial charge is 0.383 e. The third-order valence-electron chi connectivity index (χ3n) is 5.56. The van der Waals surface area contributed by atoms with Crippen LogP contribution in [0.5, 0.6) is 0 Å². The highest BCUT2D eigenvalue weighted by Gasteiger charge is 2.19. The molecule has 4 aromatic rings. The number of nitrogens with two attached hydrogens (primary N) is 2. The van der Waals surface area contributed by atoms with Crippen LogP contribution >= 0.6 is 11.6 Å². The van der Waals surface area contributed by atoms with Gasteiger partial charge in [-0.2, -0.15) is 5.10 Å². The van der Waals surface area contributed by atoms with Crippen molar-refractivity contribution in [3.8, 4) is 22.3 Å². The van der Waals surface area contributed by atoms with Crippen molar-refractivity contribution in [2.75, 3.05) is 12.3 Å². The van der Waals surface area contributed by atoms with E-state index in [-0.39, 0.29) is 17.9 Å². The predicted octanol–water partition coefficient (Wildman–Crippen LogP) is 4.26. The quantitative estimate of drug-likeness (QED) is 0.383. The van der Waals surface area contributed by atoms with Crippen LogP contribution in [0.25, 0.3) is 22.3 Å². The lowest BCUT2D eigenvalue weighted by Gasteiger charge is -2.18. The van der Waals surface area contributed by atoms with Gasteiger partial charge in [0.15, 0.2) is 0 Å². The standard InChI is InChI=1S/C25H24ClFN6O/c1-14-21(13-33(2)32-14)17-9-20(24(29)30-12-17)15-6-7-19(22(27)10-15)25(34)31-23(11-28)16-4-3-5-18(26)8-16/h3-10,12-13,23H,11,28H2,1-2H3,(H2,29,30)(H,31,34). The van der Waals surface area contributed by atoms with Gasteiger partial charge < -0.3 is 16.8 Å². The molecule has 1 unspecified atom stereocenters. The predicted molar refractivity (Wildman–Crippen MR) is 132 cm³/mol. The topological polar surface area (TPSA) is 112 Å². The van der Waals surface area contributed by atoms with Crippen LogP contribution in [0.3, 0.4) is 0 Å². The Morgan fingerprint density at radius 3 is 2.62 bits per heavy atom. The molecule has 2 heterocycles. The highest BCUT2D eigenvalue weighted by molar-refractivity contribution is 6.30. The van der Waals surface area contributed by atoms with Crippen molar-refractivity contribution in [3.05, 3.63) is 88.6 Å². The Morgan fingerprint density at radius 1 is 1.18 bits per heavy atom. The summed E-state index contributed by atoms with van der Waals surface area (Å²) in [6.07, 6.45) is 3.54. The summed E-state index contributed by atoms with van der Waals surface area (Å²) in [5.74, 6) is -1.00. The Balaban J connectivity index is 1.61. The zero-order valence-corrected chi connectivity index (χ0v) is 19.5. The molecule has 0 aliphatic rings. The number of nitrogen functional groups attached to an aromatic ring is 1. The number of hydrogen-bond donors (Lipinski definition) is 3. The lowest BCUT2D eigenvalue weighted by molar-refractivity contribution is 0.0934. The zero-order chi connectivity index (χ0) is 24.4. The monoisotopic (exact) mass is 478 g/mol. The minimum atomic E-state index is -0.681. The summed E-state index contributed by atoms with van der Waals surface area (Å²) in [7, 11) is 1.84. The molecule has 0 bridgehead atoms. The van der Waals surface area contributed by atoms with E-state index < -0.39 is 17.8 Å². The number of anilines is 1. The van der Waals surface area contributed by atoms with Gasteiger partial charge in [0.1, 0.15) is 11.6 Å². The molecule has 2 aromatic heterocycles. The van der Waals surface area contributed by atoms with Crippen LogP contribution in [0.2, 0.25) is 5.02 Å². The number of carbonyl (C=O) groups is 1. The summed E-state index contributed by atoms with van der Waals surface area (Å²) in [6, 6.07) is 12.7. The SMILES string of the molecule is Cc1nn(C)cc1-c1cnc(N)c(-c2ccc(C(=O)NC(CN)c3cccc(Cl)c3)c(F)c2)c1. The van der Waals surface area contributed by atoms with Gasteiger partial charge in [0.05, 0.1) is 17.3 Å². The normalized spacial score (nSPS) is 11.9. The molecular weight excluding hydrogens is 455 g/mol. The van der Waals surface area contributed by atoms with Crippen LogP contribution in [0.1, 0.15) is 27.7 Å². The van der Waals surface area contributed by atoms with Crippen LogP contribution in [0.15, 0.2) is 60.9 Å². The number of benzene rings is 2. The summed E-state index contributed by atoms with van der Waals surface area (Å²) in [5, 5.41) is 7.64. The molecule has 174 valence electrons. The van der Waals surface area contributed by atoms with Gasteiger partial charge in [-0.05, 0) is 48.4 Å². The van der Waals surface area contributed by atoms with E-state index >= 15 is 4.39 Å². The molecule has 0 saturated heterocycles. The Morgan fingerprint density at radius 2 is 1.97 bits per heavy atom. The maximum Gasteiger partial charge on any atom is 0.254 e. The third-order valence-corrected chi connectivity index (χ3v) is 5.79. The minimum absolute atomic E-state index is 0.102. The van der Waals surface area contributed by atoms with Crippen LogP contribution < -0.4 is 16.8 Å². The summed E-state index contributed by atoms with van der Waals surface area (Å²) >= 11 is 6.04. The van der Waals surface area contributed by atoms with Crippen molar-refractivity contribution in [2.24, 2.45) is 12.8 Å². The average Bonchev–Trinajstić information content (AvgIpc) is 3.15. The Labute approximate surface area is 201 Å². The van der Waals surface area contributed by atoms with E-state index in [0.29, 0.717) is 16.1 Å². The summed E-state index contributed by atoms with van der Waals surface area (Å²) in [4.78, 5) is 17.1. The highest BCUT2D eigenvalue weighted by Crippen LogP contribution is 2.31. The van der Waals surface area contributed by atoms with Gasteiger partial charge in [-0.1, -0.05) is 29.8 Å². The van der Waals surface area contributed by atoms with Crippen molar-refractivity contribution < 1.29 is 9.18 Å². The van der Waals surface area contributed by atoms with Crippen molar-refractivity contribution >= 4 is 23.3 Å². The first-order valence-corrected chi connectivity index (χ1v) is 11.0. The van der Waals surface area contributed by atoms with Crippen molar-refractivity contribution in [1.82, 2.24) is 20.1 Å². The van der Waals surface area contributed by atoms with Crippen LogP contribution in [0.4, 0.5) is 10.2 Å². The van der Waals surface area contributed by atoms with E-state index in [1.54, 1.807) is 41.2 Å². The van der Waals surface area contributed by atoms with E-state index in [4.69, 9.17) is 23.1 Å². The fraction of sp³-hybridized carbons (Fsp3) is 0.160. The maximum atomic E-state index is 15.0. The molecule has 7 nitrogen and oxygen atoms in total. The number of pyridine rings is 1. The van der Waals surface area contributed by atoms with Gasteiger partial charge in [0.2, 0.25) is 0 Å². The number of aromatic nitrogens is 3. The highest BCUT2D eigenvalue weighted by atomic mass is 35.5. The molecule has 0 aliphatic carbocycles. The molecular formula is C25H24ClFN6O. The number of nitrogens with one attached hydrogen (secondary N) is 1. The van der Waals surface area contributed by atoms with Gasteiger partial charge in [0, 0.05) is 47.7 Å². The molecule has 34 heavy (non-hydrogen) atoms. The van der Waals surface area contributed by atoms with E-state index in [1.807, 2.05) is 26.2 Å². The molecule has 9 heteroatoms. The fourth-order valence-electron chi connectivity index (χ4n) is 3.84. The summed E-state index contributed by atoms with van der Waals surface area (Å²) in [5.41, 5.74) is 16.2. The van der Waals surface area contributed by atoms with Gasteiger partial charge >= 0.3 is 0 Å². The van der Waals surface area contributed by atoms with Crippen molar-refractivity contribution in [1.29, 1.82) is 0 Å². The second-order valence-corrected chi connectivity index (χ2v) is 8.41. The molecule has 0 aliphatic heterocycles. The maximum absolute atomic E-state index is 15.0. The lowest BCUT2D eigenvalue weighted by Crippen LogP contribution is -2.33. The van der Waals surface area contributed by atoms with Crippen LogP contribution in [0, 0.1) is 12.7 Å². The fourth-order valence-corrected chi connectivity index (χ4v) is 4.04. The number of nitrogens with zero attached hydrogens (tertiary/aromatic N) is 3. The lowest BCUT2D eigenvalue weighted by atomic mass is 9.99. The van der Waals surface area contributed by atoms with Gasteiger partial charge in [-0.15, -0.1) is 0 Å². The average molecular weight is 479 g/mol. The number of amides is 1. The molecule has 0 radical (unpaired) electrons. The molecule has 0 saturated carbocycles. The van der Waals surface area contributed by atoms with E-state index in [1.165, 1.54) is 12.1 Å². The molecule has 4 rings (SSSR count). The number of aryl methyl sites for hydroxylation is 2. The summed E-state index contributed by atoms with van der Waals surface area (Å²) < 4.78 is 16.8. The number of rotatable bonds is 6. The van der Waals surface area contributed by atoms with Crippen molar-refractivity contribution in [3.63, 3.8) is 0 Å². The van der Waals surface area contributed by atoms with Crippen LogP contribution in [-0.4, -0.2) is 27.2 Å². The van der Waals surface area contributed by atoms with Gasteiger partial charge in [-0.3, -0.25) is 9.48 Å². The molecule has 0 spiro atoms. The number of carbonyl (C=O) groups excluding carboxylic acids is 1. The first-order chi connectivity index (χ1) is 16.3. The second-order valence-electron chi connectivity index (χ2n) is 7.97. The molecule has 0 fully saturated rings. The van der Waals surface area contributed by atoms with Gasteiger partial charge in [-0.25, -0.2) is 9.37 Å².